The van der Waals surface area contributed by atoms with Crippen molar-refractivity contribution in [3.63, 3.8) is 0 Å². The molecule has 3 atom stereocenters. The highest BCUT2D eigenvalue weighted by Gasteiger charge is 2.28. The Morgan fingerprint density at radius 2 is 1.67 bits per heavy atom. The van der Waals surface area contributed by atoms with Crippen molar-refractivity contribution in [3.8, 4) is 0 Å². The lowest BCUT2D eigenvalue weighted by atomic mass is 9.77. The third kappa shape index (κ3) is 3.96. The molecule has 0 bridgehead atoms. The molecular formula is C16H30O2. The van der Waals surface area contributed by atoms with Gasteiger partial charge in [-0.1, -0.05) is 20.8 Å². The lowest BCUT2D eigenvalue weighted by Crippen LogP contribution is -2.31. The summed E-state index contributed by atoms with van der Waals surface area (Å²) in [6, 6.07) is 0. The van der Waals surface area contributed by atoms with Crippen LogP contribution in [0.4, 0.5) is 0 Å². The zero-order valence-corrected chi connectivity index (χ0v) is 12.4. The number of rotatable bonds is 4. The molecule has 2 fully saturated rings. The molecule has 2 aliphatic heterocycles. The van der Waals surface area contributed by atoms with E-state index < -0.39 is 0 Å². The number of ether oxygens (including phenoxy) is 2. The largest absolute Gasteiger partial charge is 0.381 e. The van der Waals surface area contributed by atoms with Gasteiger partial charge in [0.1, 0.15) is 0 Å². The Morgan fingerprint density at radius 3 is 2.33 bits per heavy atom. The first kappa shape index (κ1) is 14.3. The van der Waals surface area contributed by atoms with Crippen LogP contribution in [0.15, 0.2) is 0 Å². The molecule has 18 heavy (non-hydrogen) atoms. The molecule has 2 aliphatic rings. The van der Waals surface area contributed by atoms with Gasteiger partial charge < -0.3 is 9.47 Å². The van der Waals surface area contributed by atoms with Crippen molar-refractivity contribution >= 4 is 0 Å². The average Bonchev–Trinajstić information content (AvgIpc) is 2.40. The second-order valence-electron chi connectivity index (χ2n) is 6.81. The average molecular weight is 254 g/mol. The van der Waals surface area contributed by atoms with Gasteiger partial charge in [0.2, 0.25) is 0 Å². The minimum atomic E-state index is 0.770. The predicted molar refractivity (Wildman–Crippen MR) is 74.6 cm³/mol. The Kier molecular flexibility index (Phi) is 5.50. The van der Waals surface area contributed by atoms with E-state index in [9.17, 15) is 0 Å². The SMILES string of the molecule is CC(C)C1COCC(CC(C)C2CCOCC2)C1. The molecular weight excluding hydrogens is 224 g/mol. The molecule has 2 nitrogen and oxygen atoms in total. The fourth-order valence-electron chi connectivity index (χ4n) is 3.58. The summed E-state index contributed by atoms with van der Waals surface area (Å²) >= 11 is 0. The molecule has 0 aromatic heterocycles. The van der Waals surface area contributed by atoms with Gasteiger partial charge in [0.15, 0.2) is 0 Å². The Bertz CT molecular complexity index is 233. The van der Waals surface area contributed by atoms with Gasteiger partial charge in [-0.2, -0.15) is 0 Å². The standard InChI is InChI=1S/C16H30O2/c1-12(2)16-9-14(10-18-11-16)8-13(3)15-4-6-17-7-5-15/h12-16H,4-11H2,1-3H3. The van der Waals surface area contributed by atoms with Crippen LogP contribution in [0.1, 0.15) is 46.5 Å². The molecule has 2 saturated heterocycles. The Hall–Kier alpha value is -0.0800. The quantitative estimate of drug-likeness (QED) is 0.760. The maximum atomic E-state index is 5.82. The van der Waals surface area contributed by atoms with Gasteiger partial charge in [0.25, 0.3) is 0 Å². The molecule has 0 saturated carbocycles. The molecule has 0 aliphatic carbocycles. The van der Waals surface area contributed by atoms with Crippen LogP contribution in [0.25, 0.3) is 0 Å². The lowest BCUT2D eigenvalue weighted by Gasteiger charge is -2.35. The van der Waals surface area contributed by atoms with Crippen molar-refractivity contribution in [1.82, 2.24) is 0 Å². The Morgan fingerprint density at radius 1 is 0.944 bits per heavy atom. The van der Waals surface area contributed by atoms with Crippen molar-refractivity contribution in [2.24, 2.45) is 29.6 Å². The van der Waals surface area contributed by atoms with E-state index in [1.165, 1.54) is 25.7 Å². The molecule has 0 N–H and O–H groups in total. The summed E-state index contributed by atoms with van der Waals surface area (Å²) < 4.78 is 11.3. The van der Waals surface area contributed by atoms with E-state index in [1.807, 2.05) is 0 Å². The van der Waals surface area contributed by atoms with E-state index in [0.29, 0.717) is 0 Å². The second kappa shape index (κ2) is 6.91. The van der Waals surface area contributed by atoms with E-state index in [4.69, 9.17) is 9.47 Å². The van der Waals surface area contributed by atoms with Gasteiger partial charge in [-0.3, -0.25) is 0 Å². The molecule has 2 rings (SSSR count). The van der Waals surface area contributed by atoms with Crippen LogP contribution in [0, 0.1) is 29.6 Å². The zero-order chi connectivity index (χ0) is 13.0. The van der Waals surface area contributed by atoms with Crippen LogP contribution in [-0.4, -0.2) is 26.4 Å². The van der Waals surface area contributed by atoms with Crippen LogP contribution < -0.4 is 0 Å². The Labute approximate surface area is 112 Å². The Balaban J connectivity index is 1.77. The maximum absolute atomic E-state index is 5.82. The van der Waals surface area contributed by atoms with E-state index in [1.54, 1.807) is 0 Å². The summed E-state index contributed by atoms with van der Waals surface area (Å²) in [6.45, 7) is 11.0. The van der Waals surface area contributed by atoms with Crippen LogP contribution >= 0.6 is 0 Å². The summed E-state index contributed by atoms with van der Waals surface area (Å²) in [7, 11) is 0. The highest BCUT2D eigenvalue weighted by molar-refractivity contribution is 4.78. The fourth-order valence-corrected chi connectivity index (χ4v) is 3.58. The normalized spacial score (nSPS) is 32.7. The first-order valence-corrected chi connectivity index (χ1v) is 7.82. The van der Waals surface area contributed by atoms with Gasteiger partial charge in [-0.15, -0.1) is 0 Å². The zero-order valence-electron chi connectivity index (χ0n) is 12.4. The van der Waals surface area contributed by atoms with Crippen LogP contribution in [-0.2, 0) is 9.47 Å². The molecule has 2 heteroatoms. The molecule has 3 unspecified atom stereocenters. The first-order chi connectivity index (χ1) is 8.66. The maximum Gasteiger partial charge on any atom is 0.0496 e. The van der Waals surface area contributed by atoms with Gasteiger partial charge in [-0.05, 0) is 55.3 Å². The molecule has 0 radical (unpaired) electrons. The molecule has 0 amide bonds. The minimum Gasteiger partial charge on any atom is -0.381 e. The molecule has 0 aromatic rings. The summed E-state index contributed by atoms with van der Waals surface area (Å²) in [4.78, 5) is 0. The van der Waals surface area contributed by atoms with Crippen molar-refractivity contribution in [1.29, 1.82) is 0 Å². The van der Waals surface area contributed by atoms with Crippen LogP contribution in [0.3, 0.4) is 0 Å². The minimum absolute atomic E-state index is 0.770. The van der Waals surface area contributed by atoms with Crippen molar-refractivity contribution in [2.75, 3.05) is 26.4 Å². The van der Waals surface area contributed by atoms with Crippen molar-refractivity contribution in [3.05, 3.63) is 0 Å². The highest BCUT2D eigenvalue weighted by atomic mass is 16.5. The summed E-state index contributed by atoms with van der Waals surface area (Å²) in [5.74, 6) is 4.08. The summed E-state index contributed by atoms with van der Waals surface area (Å²) in [5.41, 5.74) is 0. The third-order valence-electron chi connectivity index (χ3n) is 5.04. The third-order valence-corrected chi connectivity index (χ3v) is 5.04. The van der Waals surface area contributed by atoms with Crippen molar-refractivity contribution in [2.45, 2.75) is 46.5 Å². The summed E-state index contributed by atoms with van der Waals surface area (Å²) in [6.07, 6.45) is 5.27. The molecule has 106 valence electrons. The first-order valence-electron chi connectivity index (χ1n) is 7.82. The summed E-state index contributed by atoms with van der Waals surface area (Å²) in [5, 5.41) is 0. The van der Waals surface area contributed by atoms with Crippen LogP contribution in [0.2, 0.25) is 0 Å². The van der Waals surface area contributed by atoms with Gasteiger partial charge in [0.05, 0.1) is 0 Å². The molecule has 0 spiro atoms. The fraction of sp³-hybridized carbons (Fsp3) is 1.00. The van der Waals surface area contributed by atoms with Gasteiger partial charge in [-0.25, -0.2) is 0 Å². The molecule has 2 heterocycles. The van der Waals surface area contributed by atoms with E-state index >= 15 is 0 Å². The number of hydrogen-bond donors (Lipinski definition) is 0. The van der Waals surface area contributed by atoms with Crippen LogP contribution in [0.5, 0.6) is 0 Å². The van der Waals surface area contributed by atoms with Crippen molar-refractivity contribution < 1.29 is 9.47 Å². The van der Waals surface area contributed by atoms with Gasteiger partial charge in [0, 0.05) is 26.4 Å². The van der Waals surface area contributed by atoms with E-state index in [0.717, 1.165) is 56.0 Å². The smallest absolute Gasteiger partial charge is 0.0496 e. The predicted octanol–water partition coefficient (Wildman–Crippen LogP) is 3.75. The topological polar surface area (TPSA) is 18.5 Å². The highest BCUT2D eigenvalue weighted by Crippen LogP contribution is 2.34. The van der Waals surface area contributed by atoms with Gasteiger partial charge >= 0.3 is 0 Å². The lowest BCUT2D eigenvalue weighted by molar-refractivity contribution is -0.0154. The van der Waals surface area contributed by atoms with E-state index in [-0.39, 0.29) is 0 Å². The molecule has 0 aromatic carbocycles. The second-order valence-corrected chi connectivity index (χ2v) is 6.81. The monoisotopic (exact) mass is 254 g/mol. The van der Waals surface area contributed by atoms with E-state index in [2.05, 4.69) is 20.8 Å². The number of hydrogen-bond acceptors (Lipinski definition) is 2.